The molecule has 1 aromatic heterocycles. The van der Waals surface area contributed by atoms with Gasteiger partial charge in [0.2, 0.25) is 15.9 Å². The number of hydrogen-bond acceptors (Lipinski definition) is 6. The van der Waals surface area contributed by atoms with Crippen molar-refractivity contribution in [1.29, 1.82) is 0 Å². The quantitative estimate of drug-likeness (QED) is 0.773. The fourth-order valence-corrected chi connectivity index (χ4v) is 4.07. The van der Waals surface area contributed by atoms with Crippen molar-refractivity contribution in [1.82, 2.24) is 19.3 Å². The minimum absolute atomic E-state index is 0.239. The van der Waals surface area contributed by atoms with Crippen LogP contribution in [0.25, 0.3) is 0 Å². The van der Waals surface area contributed by atoms with Gasteiger partial charge in [-0.3, -0.25) is 4.90 Å². The molecule has 2 heterocycles. The molecule has 1 saturated carbocycles. The molecular weight excluding hydrogens is 292 g/mol. The minimum Gasteiger partial charge on any atom is -0.339 e. The van der Waals surface area contributed by atoms with Gasteiger partial charge >= 0.3 is 0 Å². The van der Waals surface area contributed by atoms with Gasteiger partial charge in [0.25, 0.3) is 0 Å². The summed E-state index contributed by atoms with van der Waals surface area (Å²) in [6.45, 7) is 5.07. The molecule has 1 aromatic rings. The van der Waals surface area contributed by atoms with E-state index in [9.17, 15) is 8.42 Å². The summed E-state index contributed by atoms with van der Waals surface area (Å²) < 4.78 is 30.8. The number of rotatable bonds is 6. The normalized spacial score (nSPS) is 21.8. The van der Waals surface area contributed by atoms with Crippen LogP contribution in [-0.2, 0) is 16.6 Å². The SMILES string of the molecule is CCCS(=O)(=O)N1CCN(Cc2noc(C3CC3)n2)CC1. The summed E-state index contributed by atoms with van der Waals surface area (Å²) in [7, 11) is -3.07. The summed E-state index contributed by atoms with van der Waals surface area (Å²) in [6.07, 6.45) is 2.96. The lowest BCUT2D eigenvalue weighted by atomic mass is 10.3. The van der Waals surface area contributed by atoms with Gasteiger partial charge in [0, 0.05) is 32.1 Å². The molecule has 0 aromatic carbocycles. The number of sulfonamides is 1. The van der Waals surface area contributed by atoms with Crippen LogP contribution in [-0.4, -0.2) is 59.7 Å². The standard InChI is InChI=1S/C13H22N4O3S/c1-2-9-21(18,19)17-7-5-16(6-8-17)10-12-14-13(20-15-12)11-3-4-11/h11H,2-10H2,1H3. The first kappa shape index (κ1) is 14.9. The Balaban J connectivity index is 1.51. The van der Waals surface area contributed by atoms with Gasteiger partial charge in [-0.2, -0.15) is 9.29 Å². The van der Waals surface area contributed by atoms with E-state index in [1.807, 2.05) is 6.92 Å². The van der Waals surface area contributed by atoms with Crippen LogP contribution in [0.4, 0.5) is 0 Å². The molecule has 0 radical (unpaired) electrons. The first-order chi connectivity index (χ1) is 10.1. The van der Waals surface area contributed by atoms with Crippen LogP contribution in [0.5, 0.6) is 0 Å². The van der Waals surface area contributed by atoms with Gasteiger partial charge in [0.15, 0.2) is 5.82 Å². The third-order valence-electron chi connectivity index (χ3n) is 3.96. The molecule has 21 heavy (non-hydrogen) atoms. The van der Waals surface area contributed by atoms with E-state index in [1.165, 1.54) is 0 Å². The second-order valence-corrected chi connectivity index (χ2v) is 7.90. The van der Waals surface area contributed by atoms with Crippen LogP contribution in [0.3, 0.4) is 0 Å². The average molecular weight is 314 g/mol. The smallest absolute Gasteiger partial charge is 0.229 e. The molecule has 0 N–H and O–H groups in total. The molecule has 3 rings (SSSR count). The maximum atomic E-state index is 12.0. The van der Waals surface area contributed by atoms with Crippen molar-refractivity contribution in [3.05, 3.63) is 11.7 Å². The molecule has 2 fully saturated rings. The van der Waals surface area contributed by atoms with E-state index in [0.29, 0.717) is 37.8 Å². The molecule has 0 atom stereocenters. The highest BCUT2D eigenvalue weighted by Crippen LogP contribution is 2.38. The van der Waals surface area contributed by atoms with Crippen molar-refractivity contribution >= 4 is 10.0 Å². The van der Waals surface area contributed by atoms with Crippen molar-refractivity contribution in [3.63, 3.8) is 0 Å². The van der Waals surface area contributed by atoms with E-state index in [4.69, 9.17) is 4.52 Å². The summed E-state index contributed by atoms with van der Waals surface area (Å²) >= 11 is 0. The highest BCUT2D eigenvalue weighted by atomic mass is 32.2. The summed E-state index contributed by atoms with van der Waals surface area (Å²) in [5, 5.41) is 4.01. The lowest BCUT2D eigenvalue weighted by Crippen LogP contribution is -2.48. The van der Waals surface area contributed by atoms with Gasteiger partial charge in [-0.25, -0.2) is 8.42 Å². The van der Waals surface area contributed by atoms with Crippen molar-refractivity contribution in [2.24, 2.45) is 0 Å². The molecule has 8 heteroatoms. The summed E-state index contributed by atoms with van der Waals surface area (Å²) in [4.78, 5) is 6.59. The molecule has 0 bridgehead atoms. The largest absolute Gasteiger partial charge is 0.339 e. The Hall–Kier alpha value is -0.990. The molecule has 0 spiro atoms. The Labute approximate surface area is 125 Å². The molecule has 0 amide bonds. The Morgan fingerprint density at radius 3 is 2.57 bits per heavy atom. The number of nitrogens with zero attached hydrogens (tertiary/aromatic N) is 4. The molecule has 0 unspecified atom stereocenters. The molecule has 2 aliphatic rings. The second kappa shape index (κ2) is 6.02. The molecule has 1 saturated heterocycles. The third-order valence-corrected chi connectivity index (χ3v) is 6.04. The van der Waals surface area contributed by atoms with Crippen LogP contribution >= 0.6 is 0 Å². The number of hydrogen-bond donors (Lipinski definition) is 0. The Bertz CT molecular complexity index is 574. The second-order valence-electron chi connectivity index (χ2n) is 5.81. The van der Waals surface area contributed by atoms with Gasteiger partial charge in [0.1, 0.15) is 0 Å². The van der Waals surface area contributed by atoms with Crippen molar-refractivity contribution in [2.45, 2.75) is 38.6 Å². The zero-order chi connectivity index (χ0) is 14.9. The Kier molecular flexibility index (Phi) is 4.28. The molecule has 1 aliphatic carbocycles. The summed E-state index contributed by atoms with van der Waals surface area (Å²) in [5.74, 6) is 2.18. The first-order valence-corrected chi connectivity index (χ1v) is 9.22. The summed E-state index contributed by atoms with van der Waals surface area (Å²) in [6, 6.07) is 0. The topological polar surface area (TPSA) is 79.5 Å². The van der Waals surface area contributed by atoms with Crippen molar-refractivity contribution < 1.29 is 12.9 Å². The highest BCUT2D eigenvalue weighted by molar-refractivity contribution is 7.89. The van der Waals surface area contributed by atoms with Crippen molar-refractivity contribution in [3.8, 4) is 0 Å². The third kappa shape index (κ3) is 3.61. The van der Waals surface area contributed by atoms with Gasteiger partial charge < -0.3 is 4.52 Å². The lowest BCUT2D eigenvalue weighted by Gasteiger charge is -2.33. The maximum absolute atomic E-state index is 12.0. The predicted molar refractivity (Wildman–Crippen MR) is 77.2 cm³/mol. The van der Waals surface area contributed by atoms with Crippen LogP contribution < -0.4 is 0 Å². The van der Waals surface area contributed by atoms with Crippen LogP contribution in [0.15, 0.2) is 4.52 Å². The van der Waals surface area contributed by atoms with Crippen molar-refractivity contribution in [2.75, 3.05) is 31.9 Å². The van der Waals surface area contributed by atoms with E-state index in [1.54, 1.807) is 4.31 Å². The lowest BCUT2D eigenvalue weighted by molar-refractivity contribution is 0.176. The van der Waals surface area contributed by atoms with E-state index >= 15 is 0 Å². The fourth-order valence-electron chi connectivity index (χ4n) is 2.58. The van der Waals surface area contributed by atoms with Gasteiger partial charge in [-0.05, 0) is 19.3 Å². The van der Waals surface area contributed by atoms with E-state index < -0.39 is 10.0 Å². The Morgan fingerprint density at radius 1 is 1.24 bits per heavy atom. The molecule has 118 valence electrons. The van der Waals surface area contributed by atoms with E-state index in [0.717, 1.165) is 31.8 Å². The molecule has 7 nitrogen and oxygen atoms in total. The molecular formula is C13H22N4O3S. The predicted octanol–water partition coefficient (Wildman–Crippen LogP) is 0.804. The number of piperazine rings is 1. The van der Waals surface area contributed by atoms with Gasteiger partial charge in [0.05, 0.1) is 12.3 Å². The van der Waals surface area contributed by atoms with Crippen LogP contribution in [0.1, 0.15) is 43.8 Å². The molecule has 1 aliphatic heterocycles. The van der Waals surface area contributed by atoms with Gasteiger partial charge in [-0.1, -0.05) is 12.1 Å². The zero-order valence-corrected chi connectivity index (χ0v) is 13.2. The Morgan fingerprint density at radius 2 is 1.95 bits per heavy atom. The van der Waals surface area contributed by atoms with E-state index in [-0.39, 0.29) is 5.75 Å². The van der Waals surface area contributed by atoms with Crippen LogP contribution in [0, 0.1) is 0 Å². The zero-order valence-electron chi connectivity index (χ0n) is 12.4. The monoisotopic (exact) mass is 314 g/mol. The van der Waals surface area contributed by atoms with Gasteiger partial charge in [-0.15, -0.1) is 0 Å². The van der Waals surface area contributed by atoms with Crippen LogP contribution in [0.2, 0.25) is 0 Å². The maximum Gasteiger partial charge on any atom is 0.229 e. The average Bonchev–Trinajstić information content (AvgIpc) is 3.20. The highest BCUT2D eigenvalue weighted by Gasteiger charge is 2.30. The summed E-state index contributed by atoms with van der Waals surface area (Å²) in [5.41, 5.74) is 0. The number of aromatic nitrogens is 2. The minimum atomic E-state index is -3.07. The first-order valence-electron chi connectivity index (χ1n) is 7.61. The van der Waals surface area contributed by atoms with E-state index in [2.05, 4.69) is 15.0 Å². The fraction of sp³-hybridized carbons (Fsp3) is 0.846.